The van der Waals surface area contributed by atoms with Gasteiger partial charge in [0.05, 0.1) is 4.88 Å². The monoisotopic (exact) mass is 324 g/mol. The third-order valence-corrected chi connectivity index (χ3v) is 4.07. The van der Waals surface area contributed by atoms with Crippen LogP contribution in [0.4, 0.5) is 5.82 Å². The van der Waals surface area contributed by atoms with E-state index >= 15 is 0 Å². The number of anilines is 1. The van der Waals surface area contributed by atoms with Crippen LogP contribution in [0.25, 0.3) is 0 Å². The molecule has 0 aliphatic carbocycles. The highest BCUT2D eigenvalue weighted by Gasteiger charge is 2.35. The number of likely N-dealkylation sites (N-methyl/N-ethyl adjacent to an activating group) is 1. The molecule has 1 unspecified atom stereocenters. The van der Waals surface area contributed by atoms with E-state index in [0.717, 1.165) is 9.35 Å². The second kappa shape index (κ2) is 4.37. The molecule has 1 aliphatic rings. The quantitative estimate of drug-likeness (QED) is 0.809. The van der Waals surface area contributed by atoms with Crippen LogP contribution in [0.2, 0.25) is 0 Å². The first-order valence-corrected chi connectivity index (χ1v) is 6.97. The van der Waals surface area contributed by atoms with Crippen LogP contribution >= 0.6 is 27.3 Å². The first-order valence-electron chi connectivity index (χ1n) is 5.30. The molecule has 92 valence electrons. The Bertz CT molecular complexity index is 600. The maximum absolute atomic E-state index is 12.2. The van der Waals surface area contributed by atoms with Gasteiger partial charge in [0.25, 0.3) is 5.91 Å². The van der Waals surface area contributed by atoms with E-state index in [4.69, 9.17) is 4.74 Å². The number of carbonyl (C=O) groups is 1. The minimum Gasteiger partial charge on any atom is -0.471 e. The molecule has 0 aromatic carbocycles. The summed E-state index contributed by atoms with van der Waals surface area (Å²) in [5, 5.41) is 1.93. The van der Waals surface area contributed by atoms with Crippen LogP contribution in [0.3, 0.4) is 0 Å². The number of fused-ring (bicyclic) bond motifs is 1. The lowest BCUT2D eigenvalue weighted by Crippen LogP contribution is -2.38. The molecule has 18 heavy (non-hydrogen) atoms. The van der Waals surface area contributed by atoms with E-state index < -0.39 is 6.10 Å². The highest BCUT2D eigenvalue weighted by atomic mass is 79.9. The van der Waals surface area contributed by atoms with E-state index in [1.807, 2.05) is 23.6 Å². The van der Waals surface area contributed by atoms with Crippen molar-refractivity contribution < 1.29 is 9.53 Å². The molecule has 0 bridgehead atoms. The Labute approximate surface area is 116 Å². The van der Waals surface area contributed by atoms with Crippen molar-refractivity contribution in [3.63, 3.8) is 0 Å². The standard InChI is InChI=1S/C12H9BrN2O2S/c1-15-11-8(5-7(13)6-14-11)17-10(12(15)16)9-3-2-4-18-9/h2-6,10H,1H3. The van der Waals surface area contributed by atoms with E-state index in [1.54, 1.807) is 13.2 Å². The average Bonchev–Trinajstić information content (AvgIpc) is 2.87. The first-order chi connectivity index (χ1) is 8.66. The van der Waals surface area contributed by atoms with Crippen LogP contribution in [0, 0.1) is 0 Å². The highest BCUT2D eigenvalue weighted by molar-refractivity contribution is 9.10. The topological polar surface area (TPSA) is 42.4 Å². The number of pyridine rings is 1. The largest absolute Gasteiger partial charge is 0.471 e. The summed E-state index contributed by atoms with van der Waals surface area (Å²) in [4.78, 5) is 18.9. The lowest BCUT2D eigenvalue weighted by atomic mass is 10.2. The lowest BCUT2D eigenvalue weighted by molar-refractivity contribution is -0.126. The first kappa shape index (κ1) is 11.7. The number of aromatic nitrogens is 1. The number of amides is 1. The van der Waals surface area contributed by atoms with Gasteiger partial charge >= 0.3 is 0 Å². The molecule has 3 rings (SSSR count). The summed E-state index contributed by atoms with van der Waals surface area (Å²) in [7, 11) is 1.71. The van der Waals surface area contributed by atoms with Crippen LogP contribution in [-0.4, -0.2) is 17.9 Å². The predicted octanol–water partition coefficient (Wildman–Crippen LogP) is 3.00. The van der Waals surface area contributed by atoms with E-state index in [2.05, 4.69) is 20.9 Å². The van der Waals surface area contributed by atoms with E-state index in [-0.39, 0.29) is 5.91 Å². The molecule has 0 N–H and O–H groups in total. The summed E-state index contributed by atoms with van der Waals surface area (Å²) in [6, 6.07) is 5.63. The third-order valence-electron chi connectivity index (χ3n) is 2.72. The normalized spacial score (nSPS) is 18.4. The Morgan fingerprint density at radius 3 is 3.11 bits per heavy atom. The van der Waals surface area contributed by atoms with Crippen molar-refractivity contribution in [2.45, 2.75) is 6.10 Å². The van der Waals surface area contributed by atoms with Gasteiger partial charge in [-0.2, -0.15) is 0 Å². The van der Waals surface area contributed by atoms with Crippen molar-refractivity contribution in [2.24, 2.45) is 0 Å². The fourth-order valence-electron chi connectivity index (χ4n) is 1.83. The van der Waals surface area contributed by atoms with Gasteiger partial charge in [-0.3, -0.25) is 9.69 Å². The Kier molecular flexibility index (Phi) is 2.83. The molecule has 0 saturated carbocycles. The van der Waals surface area contributed by atoms with Gasteiger partial charge in [-0.05, 0) is 33.4 Å². The highest BCUT2D eigenvalue weighted by Crippen LogP contribution is 2.38. The van der Waals surface area contributed by atoms with Crippen molar-refractivity contribution >= 4 is 39.0 Å². The molecule has 4 nitrogen and oxygen atoms in total. The lowest BCUT2D eigenvalue weighted by Gasteiger charge is -2.30. The number of halogens is 1. The Morgan fingerprint density at radius 1 is 1.56 bits per heavy atom. The predicted molar refractivity (Wildman–Crippen MR) is 73.0 cm³/mol. The molecule has 1 atom stereocenters. The zero-order valence-corrected chi connectivity index (χ0v) is 11.9. The molecule has 6 heteroatoms. The Balaban J connectivity index is 2.06. The summed E-state index contributed by atoms with van der Waals surface area (Å²) in [6.45, 7) is 0. The van der Waals surface area contributed by atoms with Crippen LogP contribution in [0.15, 0.2) is 34.2 Å². The van der Waals surface area contributed by atoms with Gasteiger partial charge in [-0.15, -0.1) is 11.3 Å². The van der Waals surface area contributed by atoms with Crippen molar-refractivity contribution in [1.29, 1.82) is 0 Å². The Hall–Kier alpha value is -1.40. The minimum absolute atomic E-state index is 0.0974. The van der Waals surface area contributed by atoms with Crippen LogP contribution in [0.1, 0.15) is 11.0 Å². The number of nitrogens with zero attached hydrogens (tertiary/aromatic N) is 2. The van der Waals surface area contributed by atoms with Gasteiger partial charge in [0.15, 0.2) is 11.6 Å². The fourth-order valence-corrected chi connectivity index (χ4v) is 2.88. The molecule has 3 heterocycles. The number of hydrogen-bond acceptors (Lipinski definition) is 4. The molecule has 2 aromatic heterocycles. The molecule has 2 aromatic rings. The van der Waals surface area contributed by atoms with Gasteiger partial charge in [-0.1, -0.05) is 6.07 Å². The number of thiophene rings is 1. The summed E-state index contributed by atoms with van der Waals surface area (Å²) < 4.78 is 6.59. The van der Waals surface area contributed by atoms with Crippen molar-refractivity contribution in [3.05, 3.63) is 39.1 Å². The van der Waals surface area contributed by atoms with Crippen molar-refractivity contribution in [2.75, 3.05) is 11.9 Å². The molecule has 0 spiro atoms. The molecular weight excluding hydrogens is 316 g/mol. The molecule has 0 radical (unpaired) electrons. The van der Waals surface area contributed by atoms with E-state index in [1.165, 1.54) is 16.2 Å². The molecule has 1 aliphatic heterocycles. The van der Waals surface area contributed by atoms with Crippen LogP contribution < -0.4 is 9.64 Å². The maximum Gasteiger partial charge on any atom is 0.274 e. The molecule has 0 fully saturated rings. The van der Waals surface area contributed by atoms with Crippen molar-refractivity contribution in [3.8, 4) is 5.75 Å². The van der Waals surface area contributed by atoms with Gasteiger partial charge in [0.2, 0.25) is 6.10 Å². The van der Waals surface area contributed by atoms with Crippen LogP contribution in [0.5, 0.6) is 5.75 Å². The van der Waals surface area contributed by atoms with E-state index in [0.29, 0.717) is 11.6 Å². The second-order valence-corrected chi connectivity index (χ2v) is 5.78. The van der Waals surface area contributed by atoms with E-state index in [9.17, 15) is 4.79 Å². The number of hydrogen-bond donors (Lipinski definition) is 0. The second-order valence-electron chi connectivity index (χ2n) is 3.89. The zero-order valence-electron chi connectivity index (χ0n) is 9.46. The van der Waals surface area contributed by atoms with Gasteiger partial charge < -0.3 is 4.74 Å². The van der Waals surface area contributed by atoms with Gasteiger partial charge in [0, 0.05) is 17.7 Å². The molecule has 1 amide bonds. The van der Waals surface area contributed by atoms with Crippen LogP contribution in [-0.2, 0) is 4.79 Å². The number of ether oxygens (including phenoxy) is 1. The third kappa shape index (κ3) is 1.81. The molecular formula is C12H9BrN2O2S. The number of rotatable bonds is 1. The number of carbonyl (C=O) groups excluding carboxylic acids is 1. The summed E-state index contributed by atoms with van der Waals surface area (Å²) in [5.41, 5.74) is 0. The van der Waals surface area contributed by atoms with Crippen molar-refractivity contribution in [1.82, 2.24) is 4.98 Å². The minimum atomic E-state index is -0.571. The summed E-state index contributed by atoms with van der Waals surface area (Å²) in [6.07, 6.45) is 1.08. The fraction of sp³-hybridized carbons (Fsp3) is 0.167. The van der Waals surface area contributed by atoms with Gasteiger partial charge in [-0.25, -0.2) is 4.98 Å². The molecule has 0 saturated heterocycles. The maximum atomic E-state index is 12.2. The zero-order chi connectivity index (χ0) is 12.7. The smallest absolute Gasteiger partial charge is 0.274 e. The van der Waals surface area contributed by atoms with Gasteiger partial charge in [0.1, 0.15) is 0 Å². The summed E-state index contributed by atoms with van der Waals surface area (Å²) in [5.74, 6) is 1.07. The summed E-state index contributed by atoms with van der Waals surface area (Å²) >= 11 is 4.86. The average molecular weight is 325 g/mol. The SMILES string of the molecule is CN1C(=O)C(c2cccs2)Oc2cc(Br)cnc21. The Morgan fingerprint density at radius 2 is 2.39 bits per heavy atom.